The molecule has 0 aliphatic heterocycles. The topological polar surface area (TPSA) is 73.8 Å². The molecule has 0 saturated heterocycles. The molecule has 2 N–H and O–H groups in total. The average Bonchev–Trinajstić information content (AvgIpc) is 2.74. The van der Waals surface area contributed by atoms with Crippen LogP contribution in [0.5, 0.6) is 0 Å². The van der Waals surface area contributed by atoms with Crippen LogP contribution in [0.25, 0.3) is 0 Å². The summed E-state index contributed by atoms with van der Waals surface area (Å²) in [5.74, 6) is -0.520. The molecule has 3 aromatic rings. The zero-order valence-corrected chi connectivity index (χ0v) is 17.2. The van der Waals surface area contributed by atoms with Crippen molar-refractivity contribution in [1.29, 1.82) is 0 Å². The summed E-state index contributed by atoms with van der Waals surface area (Å²) in [5, 5.41) is 6.83. The first-order chi connectivity index (χ1) is 14.4. The van der Waals surface area contributed by atoms with E-state index in [1.807, 2.05) is 68.4 Å². The molecular formula is C24H24N4O2. The van der Waals surface area contributed by atoms with Crippen molar-refractivity contribution in [3.63, 3.8) is 0 Å². The van der Waals surface area contributed by atoms with Gasteiger partial charge < -0.3 is 10.2 Å². The Morgan fingerprint density at radius 3 is 2.20 bits per heavy atom. The highest BCUT2D eigenvalue weighted by atomic mass is 16.2. The second-order valence-corrected chi connectivity index (χ2v) is 7.09. The summed E-state index contributed by atoms with van der Waals surface area (Å²) in [6, 6.07) is 21.8. The van der Waals surface area contributed by atoms with Gasteiger partial charge in [0.1, 0.15) is 0 Å². The van der Waals surface area contributed by atoms with Gasteiger partial charge >= 0.3 is 0 Å². The van der Waals surface area contributed by atoms with Gasteiger partial charge in [0.25, 0.3) is 11.8 Å². The highest BCUT2D eigenvalue weighted by molar-refractivity contribution is 6.04. The maximum Gasteiger partial charge on any atom is 0.271 e. The number of carbonyl (C=O) groups excluding carboxylic acids is 2. The Kier molecular flexibility index (Phi) is 6.60. The highest BCUT2D eigenvalue weighted by Crippen LogP contribution is 2.13. The van der Waals surface area contributed by atoms with E-state index in [1.165, 1.54) is 0 Å². The first kappa shape index (κ1) is 20.8. The third-order valence-electron chi connectivity index (χ3n) is 4.47. The maximum atomic E-state index is 12.3. The van der Waals surface area contributed by atoms with Crippen LogP contribution in [-0.2, 0) is 0 Å². The Bertz CT molecular complexity index is 1060. The molecular weight excluding hydrogens is 376 g/mol. The Labute approximate surface area is 176 Å². The minimum atomic E-state index is -0.326. The smallest absolute Gasteiger partial charge is 0.271 e. The van der Waals surface area contributed by atoms with Gasteiger partial charge in [0, 0.05) is 36.6 Å². The fraction of sp³-hybridized carbons (Fsp3) is 0.125. The molecule has 3 rings (SSSR count). The Morgan fingerprint density at radius 1 is 0.867 bits per heavy atom. The van der Waals surface area contributed by atoms with Crippen LogP contribution >= 0.6 is 0 Å². The van der Waals surface area contributed by atoms with E-state index in [1.54, 1.807) is 36.5 Å². The number of hydrazone groups is 1. The third kappa shape index (κ3) is 5.54. The molecule has 152 valence electrons. The van der Waals surface area contributed by atoms with Crippen LogP contribution < -0.4 is 15.6 Å². The summed E-state index contributed by atoms with van der Waals surface area (Å²) < 4.78 is 0. The van der Waals surface area contributed by atoms with Gasteiger partial charge in [-0.05, 0) is 61.0 Å². The number of benzene rings is 3. The second kappa shape index (κ2) is 9.52. The minimum Gasteiger partial charge on any atom is -0.378 e. The zero-order chi connectivity index (χ0) is 21.5. The van der Waals surface area contributed by atoms with Crippen molar-refractivity contribution in [3.05, 3.63) is 95.1 Å². The lowest BCUT2D eigenvalue weighted by Gasteiger charge is -2.11. The van der Waals surface area contributed by atoms with Crippen LogP contribution in [0, 0.1) is 6.92 Å². The lowest BCUT2D eigenvalue weighted by Crippen LogP contribution is -2.18. The van der Waals surface area contributed by atoms with E-state index in [0.717, 1.165) is 16.8 Å². The summed E-state index contributed by atoms with van der Waals surface area (Å²) in [4.78, 5) is 26.6. The average molecular weight is 400 g/mol. The number of rotatable bonds is 6. The Balaban J connectivity index is 1.56. The number of hydrogen-bond acceptors (Lipinski definition) is 4. The van der Waals surface area contributed by atoms with Crippen molar-refractivity contribution in [2.24, 2.45) is 5.10 Å². The molecule has 0 heterocycles. The van der Waals surface area contributed by atoms with Crippen molar-refractivity contribution in [2.45, 2.75) is 6.92 Å². The second-order valence-electron chi connectivity index (χ2n) is 7.09. The molecule has 0 spiro atoms. The highest BCUT2D eigenvalue weighted by Gasteiger charge is 2.08. The lowest BCUT2D eigenvalue weighted by molar-refractivity contribution is 0.0954. The first-order valence-corrected chi connectivity index (χ1v) is 9.51. The molecule has 0 fully saturated rings. The van der Waals surface area contributed by atoms with E-state index in [9.17, 15) is 9.59 Å². The van der Waals surface area contributed by atoms with Gasteiger partial charge in [0.05, 0.1) is 6.21 Å². The van der Waals surface area contributed by atoms with Crippen molar-refractivity contribution < 1.29 is 9.59 Å². The maximum absolute atomic E-state index is 12.3. The number of carbonyl (C=O) groups is 2. The molecule has 2 amide bonds. The van der Waals surface area contributed by atoms with Crippen molar-refractivity contribution in [1.82, 2.24) is 5.43 Å². The molecule has 6 nitrogen and oxygen atoms in total. The molecule has 0 aromatic heterocycles. The SMILES string of the molecule is Cc1cccc(C(=O)Nc2ccc(C(=O)N/N=C/c3ccc(N(C)C)cc3)cc2)c1. The van der Waals surface area contributed by atoms with E-state index in [0.29, 0.717) is 16.8 Å². The van der Waals surface area contributed by atoms with Gasteiger partial charge in [-0.2, -0.15) is 5.10 Å². The Morgan fingerprint density at radius 2 is 1.57 bits per heavy atom. The summed E-state index contributed by atoms with van der Waals surface area (Å²) in [7, 11) is 3.95. The van der Waals surface area contributed by atoms with Crippen LogP contribution in [0.4, 0.5) is 11.4 Å². The fourth-order valence-corrected chi connectivity index (χ4v) is 2.78. The number of amides is 2. The van der Waals surface area contributed by atoms with Crippen LogP contribution in [0.1, 0.15) is 31.8 Å². The minimum absolute atomic E-state index is 0.194. The molecule has 0 saturated carbocycles. The standard InChI is InChI=1S/C24H24N4O2/c1-17-5-4-6-20(15-17)23(29)26-21-11-9-19(10-12-21)24(30)27-25-16-18-7-13-22(14-8-18)28(2)3/h4-16H,1-3H3,(H,26,29)(H,27,30)/b25-16+. The van der Waals surface area contributed by atoms with Gasteiger partial charge in [-0.15, -0.1) is 0 Å². The van der Waals surface area contributed by atoms with Gasteiger partial charge in [0.15, 0.2) is 0 Å². The zero-order valence-electron chi connectivity index (χ0n) is 17.2. The number of nitrogens with zero attached hydrogens (tertiary/aromatic N) is 2. The van der Waals surface area contributed by atoms with Crippen LogP contribution in [-0.4, -0.2) is 32.1 Å². The molecule has 0 aliphatic rings. The number of aryl methyl sites for hydroxylation is 1. The molecule has 6 heteroatoms. The van der Waals surface area contributed by atoms with E-state index in [2.05, 4.69) is 15.8 Å². The molecule has 0 atom stereocenters. The van der Waals surface area contributed by atoms with Gasteiger partial charge in [0.2, 0.25) is 0 Å². The number of nitrogens with one attached hydrogen (secondary N) is 2. The largest absolute Gasteiger partial charge is 0.378 e. The van der Waals surface area contributed by atoms with Gasteiger partial charge in [-0.25, -0.2) is 5.43 Å². The lowest BCUT2D eigenvalue weighted by atomic mass is 10.1. The van der Waals surface area contributed by atoms with E-state index < -0.39 is 0 Å². The summed E-state index contributed by atoms with van der Waals surface area (Å²) in [6.45, 7) is 1.94. The van der Waals surface area contributed by atoms with E-state index >= 15 is 0 Å². The molecule has 0 radical (unpaired) electrons. The molecule has 0 unspecified atom stereocenters. The van der Waals surface area contributed by atoms with Gasteiger partial charge in [-0.1, -0.05) is 29.8 Å². The fourth-order valence-electron chi connectivity index (χ4n) is 2.78. The van der Waals surface area contributed by atoms with Crippen molar-refractivity contribution in [2.75, 3.05) is 24.3 Å². The predicted molar refractivity (Wildman–Crippen MR) is 121 cm³/mol. The summed E-state index contributed by atoms with van der Waals surface area (Å²) in [6.07, 6.45) is 1.59. The van der Waals surface area contributed by atoms with Crippen LogP contribution in [0.3, 0.4) is 0 Å². The van der Waals surface area contributed by atoms with E-state index in [4.69, 9.17) is 0 Å². The Hall–Kier alpha value is -3.93. The molecule has 0 aliphatic carbocycles. The van der Waals surface area contributed by atoms with Crippen molar-refractivity contribution >= 4 is 29.4 Å². The monoisotopic (exact) mass is 400 g/mol. The molecule has 0 bridgehead atoms. The number of hydrogen-bond donors (Lipinski definition) is 2. The molecule has 3 aromatic carbocycles. The summed E-state index contributed by atoms with van der Waals surface area (Å²) in [5.41, 5.74) is 7.15. The first-order valence-electron chi connectivity index (χ1n) is 9.51. The molecule has 30 heavy (non-hydrogen) atoms. The predicted octanol–water partition coefficient (Wildman–Crippen LogP) is 4.08. The van der Waals surface area contributed by atoms with Gasteiger partial charge in [-0.3, -0.25) is 9.59 Å². The van der Waals surface area contributed by atoms with E-state index in [-0.39, 0.29) is 11.8 Å². The van der Waals surface area contributed by atoms with Crippen LogP contribution in [0.15, 0.2) is 77.9 Å². The third-order valence-corrected chi connectivity index (χ3v) is 4.47. The summed E-state index contributed by atoms with van der Waals surface area (Å²) >= 11 is 0. The van der Waals surface area contributed by atoms with Crippen LogP contribution in [0.2, 0.25) is 0 Å². The quantitative estimate of drug-likeness (QED) is 0.484. The van der Waals surface area contributed by atoms with Crippen molar-refractivity contribution in [3.8, 4) is 0 Å². The number of anilines is 2. The normalized spacial score (nSPS) is 10.6.